The second kappa shape index (κ2) is 6.89. The summed E-state index contributed by atoms with van der Waals surface area (Å²) in [4.78, 5) is 34.3. The van der Waals surface area contributed by atoms with Gasteiger partial charge in [-0.2, -0.15) is 0 Å². The summed E-state index contributed by atoms with van der Waals surface area (Å²) in [5.74, 6) is -0.708. The molecule has 6 nitrogen and oxygen atoms in total. The Morgan fingerprint density at radius 3 is 2.73 bits per heavy atom. The van der Waals surface area contributed by atoms with E-state index in [4.69, 9.17) is 9.15 Å². The normalized spacial score (nSPS) is 10.5. The highest BCUT2D eigenvalue weighted by Gasteiger charge is 2.09. The summed E-state index contributed by atoms with van der Waals surface area (Å²) in [6.07, 6.45) is 0.0656. The highest BCUT2D eigenvalue weighted by molar-refractivity contribution is 5.94. The number of hydrogen-bond donors (Lipinski definition) is 1. The van der Waals surface area contributed by atoms with Crippen LogP contribution in [0, 0.1) is 6.92 Å². The summed E-state index contributed by atoms with van der Waals surface area (Å²) in [5, 5.41) is 3.47. The lowest BCUT2D eigenvalue weighted by Gasteiger charge is -2.07. The summed E-state index contributed by atoms with van der Waals surface area (Å²) < 4.78 is 9.87. The molecule has 0 aliphatic carbocycles. The van der Waals surface area contributed by atoms with Gasteiger partial charge >= 0.3 is 11.6 Å². The molecule has 6 heteroatoms. The van der Waals surface area contributed by atoms with Crippen molar-refractivity contribution in [3.8, 4) is 0 Å². The van der Waals surface area contributed by atoms with Gasteiger partial charge in [0.15, 0.2) is 0 Å². The van der Waals surface area contributed by atoms with Crippen molar-refractivity contribution in [3.05, 3.63) is 40.2 Å². The Bertz CT molecular complexity index is 763. The molecule has 0 fully saturated rings. The highest BCUT2D eigenvalue weighted by Crippen LogP contribution is 2.20. The van der Waals surface area contributed by atoms with Gasteiger partial charge in [0.25, 0.3) is 0 Å². The van der Waals surface area contributed by atoms with E-state index in [1.165, 1.54) is 6.07 Å². The van der Waals surface area contributed by atoms with E-state index in [-0.39, 0.29) is 18.7 Å². The molecule has 0 saturated heterocycles. The first kappa shape index (κ1) is 15.8. The van der Waals surface area contributed by atoms with Gasteiger partial charge < -0.3 is 14.5 Å². The van der Waals surface area contributed by atoms with Crippen LogP contribution in [0.3, 0.4) is 0 Å². The number of fused-ring (bicyclic) bond motifs is 1. The molecule has 0 spiro atoms. The third-order valence-electron chi connectivity index (χ3n) is 3.10. The average Bonchev–Trinajstić information content (AvgIpc) is 2.45. The van der Waals surface area contributed by atoms with Crippen molar-refractivity contribution in [2.45, 2.75) is 26.7 Å². The lowest BCUT2D eigenvalue weighted by atomic mass is 10.1. The first-order valence-electron chi connectivity index (χ1n) is 6.99. The Balaban J connectivity index is 2.07. The Kier molecular flexibility index (Phi) is 4.93. The molecule has 0 saturated carbocycles. The van der Waals surface area contributed by atoms with Crippen LogP contribution < -0.4 is 10.9 Å². The maximum atomic E-state index is 11.8. The van der Waals surface area contributed by atoms with Gasteiger partial charge in [0.05, 0.1) is 13.0 Å². The van der Waals surface area contributed by atoms with E-state index in [9.17, 15) is 14.4 Å². The van der Waals surface area contributed by atoms with Gasteiger partial charge in [-0.15, -0.1) is 0 Å². The number of carbonyl (C=O) groups excluding carboxylic acids is 2. The molecule has 0 unspecified atom stereocenters. The van der Waals surface area contributed by atoms with Crippen molar-refractivity contribution < 1.29 is 18.7 Å². The minimum absolute atomic E-state index is 0.0292. The van der Waals surface area contributed by atoms with E-state index in [2.05, 4.69) is 5.32 Å². The summed E-state index contributed by atoms with van der Waals surface area (Å²) in [6.45, 7) is 3.82. The summed E-state index contributed by atoms with van der Waals surface area (Å²) in [5.41, 5.74) is 1.30. The molecule has 1 aromatic carbocycles. The quantitative estimate of drug-likeness (QED) is 0.677. The number of anilines is 1. The summed E-state index contributed by atoms with van der Waals surface area (Å²) in [7, 11) is 0. The number of carbonyl (C=O) groups is 2. The summed E-state index contributed by atoms with van der Waals surface area (Å²) >= 11 is 0. The van der Waals surface area contributed by atoms with E-state index in [1.807, 2.05) is 6.92 Å². The molecule has 0 aliphatic heterocycles. The molecule has 0 atom stereocenters. The zero-order chi connectivity index (χ0) is 16.1. The third-order valence-corrected chi connectivity index (χ3v) is 3.10. The van der Waals surface area contributed by atoms with E-state index in [0.29, 0.717) is 17.9 Å². The van der Waals surface area contributed by atoms with E-state index in [0.717, 1.165) is 10.9 Å². The lowest BCUT2D eigenvalue weighted by molar-refractivity contribution is -0.144. The van der Waals surface area contributed by atoms with Crippen molar-refractivity contribution >= 4 is 28.5 Å². The van der Waals surface area contributed by atoms with Gasteiger partial charge in [0.1, 0.15) is 5.58 Å². The second-order valence-electron chi connectivity index (χ2n) is 4.81. The minimum Gasteiger partial charge on any atom is -0.466 e. The molecular weight excluding hydrogens is 286 g/mol. The number of nitrogens with one attached hydrogen (secondary N) is 1. The van der Waals surface area contributed by atoms with Gasteiger partial charge in [-0.25, -0.2) is 4.79 Å². The number of ether oxygens (including phenoxy) is 1. The largest absolute Gasteiger partial charge is 0.466 e. The fourth-order valence-corrected chi connectivity index (χ4v) is 2.07. The zero-order valence-corrected chi connectivity index (χ0v) is 12.5. The minimum atomic E-state index is -0.434. The fourth-order valence-electron chi connectivity index (χ4n) is 2.07. The number of esters is 1. The second-order valence-corrected chi connectivity index (χ2v) is 4.81. The van der Waals surface area contributed by atoms with Crippen molar-refractivity contribution in [1.29, 1.82) is 0 Å². The predicted octanol–water partition coefficient (Wildman–Crippen LogP) is 2.38. The van der Waals surface area contributed by atoms with Gasteiger partial charge in [0.2, 0.25) is 5.91 Å². The molecule has 2 aromatic rings. The zero-order valence-electron chi connectivity index (χ0n) is 12.5. The van der Waals surface area contributed by atoms with Crippen molar-refractivity contribution in [3.63, 3.8) is 0 Å². The maximum absolute atomic E-state index is 11.8. The maximum Gasteiger partial charge on any atom is 0.336 e. The molecule has 1 aromatic heterocycles. The van der Waals surface area contributed by atoms with Crippen LogP contribution in [0.15, 0.2) is 33.5 Å². The lowest BCUT2D eigenvalue weighted by Crippen LogP contribution is -2.14. The Morgan fingerprint density at radius 1 is 1.23 bits per heavy atom. The fraction of sp³-hybridized carbons (Fsp3) is 0.312. The van der Waals surface area contributed by atoms with Crippen LogP contribution in [0.1, 0.15) is 25.3 Å². The predicted molar refractivity (Wildman–Crippen MR) is 81.7 cm³/mol. The Hall–Kier alpha value is -2.63. The molecule has 2 rings (SSSR count). The van der Waals surface area contributed by atoms with Gasteiger partial charge in [-0.05, 0) is 31.5 Å². The van der Waals surface area contributed by atoms with Crippen molar-refractivity contribution in [2.75, 3.05) is 11.9 Å². The molecule has 116 valence electrons. The third kappa shape index (κ3) is 3.94. The average molecular weight is 303 g/mol. The first-order chi connectivity index (χ1) is 10.5. The van der Waals surface area contributed by atoms with Gasteiger partial charge in [0, 0.05) is 29.6 Å². The van der Waals surface area contributed by atoms with Crippen LogP contribution in [0.5, 0.6) is 0 Å². The molecule has 22 heavy (non-hydrogen) atoms. The van der Waals surface area contributed by atoms with Crippen LogP contribution in [0.2, 0.25) is 0 Å². The van der Waals surface area contributed by atoms with Crippen LogP contribution in [0.4, 0.5) is 5.69 Å². The monoisotopic (exact) mass is 303 g/mol. The summed E-state index contributed by atoms with van der Waals surface area (Å²) in [6, 6.07) is 6.50. The number of benzene rings is 1. The SMILES string of the molecule is CCOC(=O)CCC(=O)Nc1ccc2c(C)cc(=O)oc2c1. The van der Waals surface area contributed by atoms with Crippen LogP contribution in [-0.2, 0) is 14.3 Å². The number of rotatable bonds is 5. The van der Waals surface area contributed by atoms with Crippen LogP contribution in [-0.4, -0.2) is 18.5 Å². The van der Waals surface area contributed by atoms with E-state index in [1.54, 1.807) is 25.1 Å². The van der Waals surface area contributed by atoms with E-state index < -0.39 is 11.6 Å². The number of aryl methyl sites for hydroxylation is 1. The standard InChI is InChI=1S/C16H17NO5/c1-3-21-15(19)7-6-14(18)17-11-4-5-12-10(2)8-16(20)22-13(12)9-11/h4-5,8-9H,3,6-7H2,1-2H3,(H,17,18). The van der Waals surface area contributed by atoms with Gasteiger partial charge in [-0.3, -0.25) is 9.59 Å². The van der Waals surface area contributed by atoms with E-state index >= 15 is 0 Å². The van der Waals surface area contributed by atoms with Crippen LogP contribution in [0.25, 0.3) is 11.0 Å². The smallest absolute Gasteiger partial charge is 0.336 e. The molecule has 0 aliphatic rings. The molecular formula is C16H17NO5. The molecule has 0 bridgehead atoms. The number of amides is 1. The molecule has 0 radical (unpaired) electrons. The highest BCUT2D eigenvalue weighted by atomic mass is 16.5. The Labute approximate surface area is 127 Å². The van der Waals surface area contributed by atoms with Crippen molar-refractivity contribution in [2.24, 2.45) is 0 Å². The topological polar surface area (TPSA) is 85.6 Å². The first-order valence-corrected chi connectivity index (χ1v) is 6.99. The van der Waals surface area contributed by atoms with Gasteiger partial charge in [-0.1, -0.05) is 0 Å². The molecule has 1 N–H and O–H groups in total. The number of hydrogen-bond acceptors (Lipinski definition) is 5. The van der Waals surface area contributed by atoms with Crippen molar-refractivity contribution in [1.82, 2.24) is 0 Å². The van der Waals surface area contributed by atoms with Crippen LogP contribution >= 0.6 is 0 Å². The Morgan fingerprint density at radius 2 is 2.00 bits per heavy atom. The molecule has 1 amide bonds. The molecule has 1 heterocycles.